The number of hydrogen-bond donors (Lipinski definition) is 2. The van der Waals surface area contributed by atoms with Crippen molar-refractivity contribution in [3.05, 3.63) is 65.5 Å². The minimum atomic E-state index is -0.453. The van der Waals surface area contributed by atoms with Crippen molar-refractivity contribution in [1.82, 2.24) is 14.9 Å². The molecule has 0 fully saturated rings. The first-order valence-electron chi connectivity index (χ1n) is 10.1. The van der Waals surface area contributed by atoms with Gasteiger partial charge in [-0.1, -0.05) is 24.3 Å². The number of aromatic nitrogens is 2. The number of nitrogens with zero attached hydrogens (tertiary/aromatic N) is 3. The maximum Gasteiger partial charge on any atom is 0.241 e. The number of primary amides is 1. The minimum absolute atomic E-state index is 0.453. The van der Waals surface area contributed by atoms with Crippen molar-refractivity contribution < 1.29 is 4.79 Å². The molecule has 0 aliphatic carbocycles. The molecular weight excluding hydrogens is 433 g/mol. The van der Waals surface area contributed by atoms with Gasteiger partial charge in [0.1, 0.15) is 5.82 Å². The summed E-state index contributed by atoms with van der Waals surface area (Å²) >= 11 is 11.9. The van der Waals surface area contributed by atoms with Crippen LogP contribution in [0, 0.1) is 0 Å². The SMILES string of the molecule is Cn1c(CNCc2ccc(/C=C/C(N)=O)cc2)nc2cc(N(CCCl)CCCl)ccc21. The third-order valence-corrected chi connectivity index (χ3v) is 5.40. The molecule has 3 aromatic rings. The van der Waals surface area contributed by atoms with E-state index in [4.69, 9.17) is 33.9 Å². The summed E-state index contributed by atoms with van der Waals surface area (Å²) in [6.07, 6.45) is 3.06. The van der Waals surface area contributed by atoms with Crippen LogP contribution in [-0.4, -0.2) is 40.3 Å². The van der Waals surface area contributed by atoms with Crippen LogP contribution in [0.25, 0.3) is 17.1 Å². The summed E-state index contributed by atoms with van der Waals surface area (Å²) in [5.41, 5.74) is 10.3. The Morgan fingerprint density at radius 3 is 2.48 bits per heavy atom. The third kappa shape index (κ3) is 6.23. The van der Waals surface area contributed by atoms with Gasteiger partial charge in [-0.2, -0.15) is 0 Å². The first-order chi connectivity index (χ1) is 15.0. The van der Waals surface area contributed by atoms with Crippen LogP contribution in [0.1, 0.15) is 17.0 Å². The second-order valence-electron chi connectivity index (χ2n) is 7.21. The molecule has 1 aromatic heterocycles. The molecule has 0 aliphatic heterocycles. The summed E-state index contributed by atoms with van der Waals surface area (Å²) in [5, 5.41) is 3.45. The number of hydrogen-bond acceptors (Lipinski definition) is 4. The number of carbonyl (C=O) groups is 1. The summed E-state index contributed by atoms with van der Waals surface area (Å²) < 4.78 is 2.11. The molecule has 3 N–H and O–H groups in total. The molecule has 0 saturated carbocycles. The predicted octanol–water partition coefficient (Wildman–Crippen LogP) is 3.65. The van der Waals surface area contributed by atoms with Gasteiger partial charge in [0.05, 0.1) is 17.6 Å². The topological polar surface area (TPSA) is 76.2 Å². The number of rotatable bonds is 11. The van der Waals surface area contributed by atoms with Crippen LogP contribution in [0.2, 0.25) is 0 Å². The Bertz CT molecular complexity index is 1040. The lowest BCUT2D eigenvalue weighted by molar-refractivity contribution is -0.113. The van der Waals surface area contributed by atoms with Crippen molar-refractivity contribution in [2.75, 3.05) is 29.7 Å². The number of halogens is 2. The third-order valence-electron chi connectivity index (χ3n) is 5.06. The maximum absolute atomic E-state index is 10.8. The van der Waals surface area contributed by atoms with E-state index >= 15 is 0 Å². The van der Waals surface area contributed by atoms with Crippen LogP contribution < -0.4 is 16.0 Å². The fraction of sp³-hybridized carbons (Fsp3) is 0.304. The summed E-state index contributed by atoms with van der Waals surface area (Å²) in [7, 11) is 2.03. The maximum atomic E-state index is 10.8. The number of alkyl halides is 2. The molecule has 3 rings (SSSR count). The number of amides is 1. The lowest BCUT2D eigenvalue weighted by atomic mass is 10.1. The highest BCUT2D eigenvalue weighted by Crippen LogP contribution is 2.23. The first kappa shape index (κ1) is 23.1. The molecule has 0 saturated heterocycles. The fourth-order valence-electron chi connectivity index (χ4n) is 3.41. The molecule has 2 aromatic carbocycles. The molecule has 31 heavy (non-hydrogen) atoms. The van der Waals surface area contributed by atoms with Gasteiger partial charge >= 0.3 is 0 Å². The number of carbonyl (C=O) groups excluding carboxylic acids is 1. The van der Waals surface area contributed by atoms with E-state index in [0.29, 0.717) is 24.8 Å². The number of imidazole rings is 1. The number of anilines is 1. The van der Waals surface area contributed by atoms with Crippen LogP contribution >= 0.6 is 23.2 Å². The molecule has 1 heterocycles. The van der Waals surface area contributed by atoms with Crippen LogP contribution in [0.3, 0.4) is 0 Å². The van der Waals surface area contributed by atoms with Crippen molar-refractivity contribution in [3.63, 3.8) is 0 Å². The molecule has 6 nitrogen and oxygen atoms in total. The van der Waals surface area contributed by atoms with Gasteiger partial charge in [0.15, 0.2) is 0 Å². The summed E-state index contributed by atoms with van der Waals surface area (Å²) in [6.45, 7) is 2.86. The smallest absolute Gasteiger partial charge is 0.241 e. The van der Waals surface area contributed by atoms with E-state index in [1.165, 1.54) is 6.08 Å². The van der Waals surface area contributed by atoms with Gasteiger partial charge in [0.25, 0.3) is 0 Å². The van der Waals surface area contributed by atoms with Gasteiger partial charge in [-0.25, -0.2) is 4.98 Å². The standard InChI is InChI=1S/C23H27Cl2N5O/c1-29-21-8-7-19(30(12-10-24)13-11-25)14-20(21)28-23(29)16-27-15-18-4-2-17(3-5-18)6-9-22(26)31/h2-9,14,27H,10-13,15-16H2,1H3,(H2,26,31)/b9-6+. The number of benzene rings is 2. The fourth-order valence-corrected chi connectivity index (χ4v) is 3.82. The van der Waals surface area contributed by atoms with Crippen LogP contribution in [0.5, 0.6) is 0 Å². The highest BCUT2D eigenvalue weighted by atomic mass is 35.5. The molecule has 0 aliphatic rings. The molecule has 0 spiro atoms. The highest BCUT2D eigenvalue weighted by molar-refractivity contribution is 6.18. The largest absolute Gasteiger partial charge is 0.369 e. The monoisotopic (exact) mass is 459 g/mol. The van der Waals surface area contributed by atoms with E-state index in [1.54, 1.807) is 6.08 Å². The normalized spacial score (nSPS) is 11.5. The summed E-state index contributed by atoms with van der Waals surface area (Å²) in [6, 6.07) is 14.2. The number of aryl methyl sites for hydroxylation is 1. The van der Waals surface area contributed by atoms with Crippen molar-refractivity contribution >= 4 is 51.9 Å². The van der Waals surface area contributed by atoms with E-state index < -0.39 is 5.91 Å². The molecule has 8 heteroatoms. The van der Waals surface area contributed by atoms with Crippen molar-refractivity contribution in [3.8, 4) is 0 Å². The van der Waals surface area contributed by atoms with Crippen LogP contribution in [0.15, 0.2) is 48.5 Å². The minimum Gasteiger partial charge on any atom is -0.369 e. The van der Waals surface area contributed by atoms with Crippen LogP contribution in [-0.2, 0) is 24.9 Å². The lowest BCUT2D eigenvalue weighted by Crippen LogP contribution is -2.27. The Morgan fingerprint density at radius 2 is 1.84 bits per heavy atom. The van der Waals surface area contributed by atoms with E-state index in [0.717, 1.165) is 46.8 Å². The van der Waals surface area contributed by atoms with Gasteiger partial charge < -0.3 is 20.5 Å². The molecular formula is C23H27Cl2N5O. The van der Waals surface area contributed by atoms with E-state index in [1.807, 2.05) is 31.3 Å². The zero-order valence-corrected chi connectivity index (χ0v) is 19.0. The number of nitrogens with two attached hydrogens (primary N) is 1. The van der Waals surface area contributed by atoms with Gasteiger partial charge in [-0.3, -0.25) is 4.79 Å². The molecule has 0 unspecified atom stereocenters. The number of fused-ring (bicyclic) bond motifs is 1. The van der Waals surface area contributed by atoms with E-state index in [9.17, 15) is 4.79 Å². The quantitative estimate of drug-likeness (QED) is 0.338. The predicted molar refractivity (Wildman–Crippen MR) is 130 cm³/mol. The zero-order valence-electron chi connectivity index (χ0n) is 17.5. The Labute approximate surface area is 192 Å². The van der Waals surface area contributed by atoms with Crippen LogP contribution in [0.4, 0.5) is 5.69 Å². The summed E-state index contributed by atoms with van der Waals surface area (Å²) in [4.78, 5) is 17.8. The van der Waals surface area contributed by atoms with E-state index in [2.05, 4.69) is 33.0 Å². The Hall–Kier alpha value is -2.54. The Balaban J connectivity index is 1.65. The molecule has 1 amide bonds. The second kappa shape index (κ2) is 11.2. The van der Waals surface area contributed by atoms with Gasteiger partial charge in [0, 0.05) is 50.2 Å². The van der Waals surface area contributed by atoms with Gasteiger partial charge in [-0.15, -0.1) is 23.2 Å². The molecule has 0 radical (unpaired) electrons. The highest BCUT2D eigenvalue weighted by Gasteiger charge is 2.11. The Kier molecular flexibility index (Phi) is 8.35. The first-order valence-corrected chi connectivity index (χ1v) is 11.2. The molecule has 0 bridgehead atoms. The lowest BCUT2D eigenvalue weighted by Gasteiger charge is -2.22. The zero-order chi connectivity index (χ0) is 22.2. The molecule has 0 atom stereocenters. The number of nitrogens with one attached hydrogen (secondary N) is 1. The second-order valence-corrected chi connectivity index (χ2v) is 7.96. The average molecular weight is 460 g/mol. The van der Waals surface area contributed by atoms with Crippen molar-refractivity contribution in [2.45, 2.75) is 13.1 Å². The average Bonchev–Trinajstić information content (AvgIpc) is 3.08. The van der Waals surface area contributed by atoms with Crippen molar-refractivity contribution in [1.29, 1.82) is 0 Å². The van der Waals surface area contributed by atoms with Crippen molar-refractivity contribution in [2.24, 2.45) is 12.8 Å². The summed E-state index contributed by atoms with van der Waals surface area (Å²) in [5.74, 6) is 1.62. The van der Waals surface area contributed by atoms with Gasteiger partial charge in [-0.05, 0) is 35.4 Å². The van der Waals surface area contributed by atoms with Gasteiger partial charge in [0.2, 0.25) is 5.91 Å². The Morgan fingerprint density at radius 1 is 1.13 bits per heavy atom. The molecule has 164 valence electrons. The van der Waals surface area contributed by atoms with E-state index in [-0.39, 0.29) is 0 Å².